The predicted molar refractivity (Wildman–Crippen MR) is 84.5 cm³/mol. The SMILES string of the molecule is Cc1ccc2cc(C3(N)CCC(C)CC3C)ccc2n1. The molecule has 3 atom stereocenters. The van der Waals surface area contributed by atoms with E-state index >= 15 is 0 Å². The number of hydrogen-bond acceptors (Lipinski definition) is 2. The van der Waals surface area contributed by atoms with Crippen LogP contribution in [0.15, 0.2) is 30.3 Å². The van der Waals surface area contributed by atoms with Crippen LogP contribution in [0.3, 0.4) is 0 Å². The van der Waals surface area contributed by atoms with Crippen molar-refractivity contribution in [1.82, 2.24) is 4.98 Å². The third-order valence-electron chi connectivity index (χ3n) is 5.05. The first-order chi connectivity index (χ1) is 9.49. The topological polar surface area (TPSA) is 38.9 Å². The van der Waals surface area contributed by atoms with Crippen molar-refractivity contribution in [2.45, 2.75) is 45.6 Å². The van der Waals surface area contributed by atoms with Crippen LogP contribution in [0.5, 0.6) is 0 Å². The molecule has 1 aliphatic carbocycles. The van der Waals surface area contributed by atoms with E-state index < -0.39 is 0 Å². The van der Waals surface area contributed by atoms with E-state index in [1.807, 2.05) is 6.92 Å². The average Bonchev–Trinajstić information content (AvgIpc) is 2.43. The van der Waals surface area contributed by atoms with Crippen molar-refractivity contribution in [1.29, 1.82) is 0 Å². The molecule has 2 heteroatoms. The monoisotopic (exact) mass is 268 g/mol. The second kappa shape index (κ2) is 4.85. The maximum absolute atomic E-state index is 6.79. The van der Waals surface area contributed by atoms with E-state index in [0.29, 0.717) is 5.92 Å². The highest BCUT2D eigenvalue weighted by molar-refractivity contribution is 5.79. The Bertz CT molecular complexity index is 634. The van der Waals surface area contributed by atoms with E-state index in [0.717, 1.165) is 23.5 Å². The van der Waals surface area contributed by atoms with E-state index in [-0.39, 0.29) is 5.54 Å². The summed E-state index contributed by atoms with van der Waals surface area (Å²) in [5.74, 6) is 1.33. The number of hydrogen-bond donors (Lipinski definition) is 1. The minimum Gasteiger partial charge on any atom is -0.321 e. The van der Waals surface area contributed by atoms with Crippen molar-refractivity contribution in [3.63, 3.8) is 0 Å². The third-order valence-corrected chi connectivity index (χ3v) is 5.05. The average molecular weight is 268 g/mol. The Labute approximate surface area is 121 Å². The van der Waals surface area contributed by atoms with Crippen molar-refractivity contribution < 1.29 is 0 Å². The molecule has 1 aliphatic rings. The summed E-state index contributed by atoms with van der Waals surface area (Å²) in [5, 5.41) is 1.20. The Morgan fingerprint density at radius 1 is 1.20 bits per heavy atom. The summed E-state index contributed by atoms with van der Waals surface area (Å²) in [6, 6.07) is 10.8. The summed E-state index contributed by atoms with van der Waals surface area (Å²) < 4.78 is 0. The van der Waals surface area contributed by atoms with E-state index in [2.05, 4.69) is 49.2 Å². The van der Waals surface area contributed by atoms with Gasteiger partial charge in [0.2, 0.25) is 0 Å². The first-order valence-corrected chi connectivity index (χ1v) is 7.66. The Kier molecular flexibility index (Phi) is 3.29. The molecule has 1 heterocycles. The normalized spacial score (nSPS) is 30.6. The zero-order valence-electron chi connectivity index (χ0n) is 12.7. The van der Waals surface area contributed by atoms with Crippen LogP contribution in [0, 0.1) is 18.8 Å². The summed E-state index contributed by atoms with van der Waals surface area (Å²) in [7, 11) is 0. The molecule has 0 bridgehead atoms. The second-order valence-electron chi connectivity index (χ2n) is 6.68. The molecule has 0 saturated heterocycles. The highest BCUT2D eigenvalue weighted by atomic mass is 14.8. The fourth-order valence-corrected chi connectivity index (χ4v) is 3.61. The van der Waals surface area contributed by atoms with Gasteiger partial charge in [0, 0.05) is 16.6 Å². The lowest BCUT2D eigenvalue weighted by Gasteiger charge is -2.42. The van der Waals surface area contributed by atoms with Crippen LogP contribution in [-0.4, -0.2) is 4.98 Å². The summed E-state index contributed by atoms with van der Waals surface area (Å²) in [4.78, 5) is 4.57. The van der Waals surface area contributed by atoms with Crippen molar-refractivity contribution in [2.24, 2.45) is 17.6 Å². The fraction of sp³-hybridized carbons (Fsp3) is 0.500. The molecule has 0 radical (unpaired) electrons. The molecule has 2 aromatic rings. The first-order valence-electron chi connectivity index (χ1n) is 7.66. The van der Waals surface area contributed by atoms with Gasteiger partial charge in [-0.05, 0) is 61.8 Å². The molecule has 0 spiro atoms. The molecular weight excluding hydrogens is 244 g/mol. The molecule has 3 rings (SSSR count). The Hall–Kier alpha value is -1.41. The molecular formula is C18H24N2. The van der Waals surface area contributed by atoms with E-state index in [9.17, 15) is 0 Å². The van der Waals surface area contributed by atoms with Gasteiger partial charge in [-0.25, -0.2) is 0 Å². The van der Waals surface area contributed by atoms with Crippen LogP contribution >= 0.6 is 0 Å². The lowest BCUT2D eigenvalue weighted by Crippen LogP contribution is -2.46. The van der Waals surface area contributed by atoms with Gasteiger partial charge in [-0.3, -0.25) is 4.98 Å². The van der Waals surface area contributed by atoms with Gasteiger partial charge < -0.3 is 5.73 Å². The molecule has 1 aromatic heterocycles. The molecule has 20 heavy (non-hydrogen) atoms. The smallest absolute Gasteiger partial charge is 0.0705 e. The molecule has 1 saturated carbocycles. The standard InChI is InChI=1S/C18H24N2/c1-12-8-9-18(19,13(2)10-12)16-6-7-17-15(11-16)5-4-14(3)20-17/h4-7,11-13H,8-10,19H2,1-3H3. The van der Waals surface area contributed by atoms with Gasteiger partial charge in [-0.15, -0.1) is 0 Å². The largest absolute Gasteiger partial charge is 0.321 e. The number of benzene rings is 1. The van der Waals surface area contributed by atoms with Gasteiger partial charge in [-0.1, -0.05) is 26.0 Å². The number of aryl methyl sites for hydroxylation is 1. The van der Waals surface area contributed by atoms with Crippen molar-refractivity contribution in [2.75, 3.05) is 0 Å². The minimum absolute atomic E-state index is 0.175. The maximum atomic E-state index is 6.79. The van der Waals surface area contributed by atoms with Crippen molar-refractivity contribution in [3.05, 3.63) is 41.6 Å². The summed E-state index contributed by atoms with van der Waals surface area (Å²) in [6.45, 7) is 6.67. The number of pyridine rings is 1. The van der Waals surface area contributed by atoms with Gasteiger partial charge in [0.15, 0.2) is 0 Å². The molecule has 1 aromatic carbocycles. The highest BCUT2D eigenvalue weighted by Gasteiger charge is 2.38. The third kappa shape index (κ3) is 2.22. The van der Waals surface area contributed by atoms with Crippen LogP contribution in [0.25, 0.3) is 10.9 Å². The van der Waals surface area contributed by atoms with Crippen LogP contribution < -0.4 is 5.73 Å². The van der Waals surface area contributed by atoms with Gasteiger partial charge in [0.25, 0.3) is 0 Å². The van der Waals surface area contributed by atoms with Crippen molar-refractivity contribution >= 4 is 10.9 Å². The fourth-order valence-electron chi connectivity index (χ4n) is 3.61. The quantitative estimate of drug-likeness (QED) is 0.843. The van der Waals surface area contributed by atoms with Crippen LogP contribution in [0.1, 0.15) is 44.4 Å². The second-order valence-corrected chi connectivity index (χ2v) is 6.68. The predicted octanol–water partition coefficient (Wildman–Crippen LogP) is 4.15. The minimum atomic E-state index is -0.175. The molecule has 2 N–H and O–H groups in total. The molecule has 0 amide bonds. The molecule has 106 valence electrons. The zero-order chi connectivity index (χ0) is 14.3. The van der Waals surface area contributed by atoms with E-state index in [4.69, 9.17) is 5.73 Å². The Morgan fingerprint density at radius 3 is 2.75 bits per heavy atom. The summed E-state index contributed by atoms with van der Waals surface area (Å²) in [5.41, 5.74) is 10.0. The Balaban J connectivity index is 2.03. The van der Waals surface area contributed by atoms with Gasteiger partial charge in [0.05, 0.1) is 5.52 Å². The van der Waals surface area contributed by atoms with Crippen molar-refractivity contribution in [3.8, 4) is 0 Å². The Morgan fingerprint density at radius 2 is 2.00 bits per heavy atom. The summed E-state index contributed by atoms with van der Waals surface area (Å²) >= 11 is 0. The van der Waals surface area contributed by atoms with Gasteiger partial charge in [0.1, 0.15) is 0 Å². The van der Waals surface area contributed by atoms with E-state index in [1.165, 1.54) is 23.8 Å². The lowest BCUT2D eigenvalue weighted by atomic mass is 9.67. The number of fused-ring (bicyclic) bond motifs is 1. The number of rotatable bonds is 1. The van der Waals surface area contributed by atoms with Gasteiger partial charge >= 0.3 is 0 Å². The maximum Gasteiger partial charge on any atom is 0.0705 e. The van der Waals surface area contributed by atoms with Crippen LogP contribution in [-0.2, 0) is 5.54 Å². The number of aromatic nitrogens is 1. The van der Waals surface area contributed by atoms with Crippen LogP contribution in [0.4, 0.5) is 0 Å². The van der Waals surface area contributed by atoms with E-state index in [1.54, 1.807) is 0 Å². The highest BCUT2D eigenvalue weighted by Crippen LogP contribution is 2.42. The lowest BCUT2D eigenvalue weighted by molar-refractivity contribution is 0.164. The molecule has 1 fully saturated rings. The molecule has 3 unspecified atom stereocenters. The summed E-state index contributed by atoms with van der Waals surface area (Å²) in [6.07, 6.45) is 3.53. The molecule has 2 nitrogen and oxygen atoms in total. The van der Waals surface area contributed by atoms with Crippen LogP contribution in [0.2, 0.25) is 0 Å². The van der Waals surface area contributed by atoms with Gasteiger partial charge in [-0.2, -0.15) is 0 Å². The zero-order valence-corrected chi connectivity index (χ0v) is 12.7. The number of nitrogens with zero attached hydrogens (tertiary/aromatic N) is 1. The number of nitrogens with two attached hydrogens (primary N) is 1. The molecule has 0 aliphatic heterocycles. The first kappa shape index (κ1) is 13.6.